The van der Waals surface area contributed by atoms with Crippen LogP contribution in [-0.2, 0) is 28.6 Å². The van der Waals surface area contributed by atoms with Gasteiger partial charge in [0.2, 0.25) is 0 Å². The minimum atomic E-state index is -1.44. The number of ether oxygens (including phenoxy) is 3. The average Bonchev–Trinajstić information content (AvgIpc) is 2.70. The van der Waals surface area contributed by atoms with E-state index in [-0.39, 0.29) is 5.56 Å². The number of carbonyl (C=O) groups excluding carboxylic acids is 4. The highest BCUT2D eigenvalue weighted by atomic mass is 16.5. The fourth-order valence-electron chi connectivity index (χ4n) is 2.42. The molecule has 0 aromatic heterocycles. The molecule has 0 unspecified atom stereocenters. The van der Waals surface area contributed by atoms with Crippen LogP contribution in [0, 0.1) is 23.2 Å². The van der Waals surface area contributed by atoms with Gasteiger partial charge in [0.15, 0.2) is 5.92 Å². The molecule has 0 spiro atoms. The molecule has 0 radical (unpaired) electrons. The third kappa shape index (κ3) is 5.28. The van der Waals surface area contributed by atoms with Gasteiger partial charge in [-0.2, -0.15) is 5.26 Å². The highest BCUT2D eigenvalue weighted by Gasteiger charge is 2.42. The lowest BCUT2D eigenvalue weighted by atomic mass is 9.87. The molecule has 27 heavy (non-hydrogen) atoms. The Bertz CT molecular complexity index is 736. The average molecular weight is 376 g/mol. The van der Waals surface area contributed by atoms with E-state index in [2.05, 4.69) is 19.5 Å². The van der Waals surface area contributed by atoms with Crippen LogP contribution >= 0.6 is 0 Å². The standard InChI is InChI=1S/C18H20N2O7/c1-10(13(16(22)25-2)17(23)26-3)14(18(24)27-4)20-15(21)12-7-5-11(9-19)6-8-12/h5-8,10,13-14H,1-4H3,(H,20,21)/t10-,14+/m0/s1. The Morgan fingerprint density at radius 1 is 0.926 bits per heavy atom. The highest BCUT2D eigenvalue weighted by Crippen LogP contribution is 2.21. The summed E-state index contributed by atoms with van der Waals surface area (Å²) >= 11 is 0. The van der Waals surface area contributed by atoms with Gasteiger partial charge in [0, 0.05) is 11.5 Å². The summed E-state index contributed by atoms with van der Waals surface area (Å²) in [5.74, 6) is -5.76. The van der Waals surface area contributed by atoms with Crippen LogP contribution in [0.5, 0.6) is 0 Å². The third-order valence-corrected chi connectivity index (χ3v) is 3.98. The molecule has 1 aromatic carbocycles. The predicted octanol–water partition coefficient (Wildman–Crippen LogP) is 0.428. The van der Waals surface area contributed by atoms with E-state index in [4.69, 9.17) is 5.26 Å². The van der Waals surface area contributed by atoms with Crippen LogP contribution in [0.15, 0.2) is 24.3 Å². The topological polar surface area (TPSA) is 132 Å². The first-order chi connectivity index (χ1) is 12.8. The number of nitrogens with zero attached hydrogens (tertiary/aromatic N) is 1. The third-order valence-electron chi connectivity index (χ3n) is 3.98. The first-order valence-corrected chi connectivity index (χ1v) is 7.85. The number of methoxy groups -OCH3 is 3. The van der Waals surface area contributed by atoms with E-state index in [0.29, 0.717) is 5.56 Å². The van der Waals surface area contributed by atoms with Crippen molar-refractivity contribution < 1.29 is 33.4 Å². The van der Waals surface area contributed by atoms with Crippen LogP contribution in [0.1, 0.15) is 22.8 Å². The Kier molecular flexibility index (Phi) is 7.94. The molecule has 0 aliphatic heterocycles. The van der Waals surface area contributed by atoms with Crippen LogP contribution in [0.3, 0.4) is 0 Å². The maximum Gasteiger partial charge on any atom is 0.328 e. The van der Waals surface area contributed by atoms with Gasteiger partial charge in [-0.1, -0.05) is 6.92 Å². The molecular weight excluding hydrogens is 356 g/mol. The van der Waals surface area contributed by atoms with Crippen molar-refractivity contribution in [1.82, 2.24) is 5.32 Å². The summed E-state index contributed by atoms with van der Waals surface area (Å²) in [6.45, 7) is 1.42. The van der Waals surface area contributed by atoms with Gasteiger partial charge in [0.1, 0.15) is 6.04 Å². The molecule has 0 aliphatic carbocycles. The molecule has 9 nitrogen and oxygen atoms in total. The normalized spacial score (nSPS) is 12.3. The van der Waals surface area contributed by atoms with Gasteiger partial charge >= 0.3 is 17.9 Å². The van der Waals surface area contributed by atoms with E-state index in [1.807, 2.05) is 6.07 Å². The zero-order valence-electron chi connectivity index (χ0n) is 15.3. The summed E-state index contributed by atoms with van der Waals surface area (Å²) in [6, 6.07) is 6.30. The first kappa shape index (κ1) is 21.6. The largest absolute Gasteiger partial charge is 0.468 e. The van der Waals surface area contributed by atoms with Crippen molar-refractivity contribution in [3.63, 3.8) is 0 Å². The van der Waals surface area contributed by atoms with Crippen LogP contribution in [0.2, 0.25) is 0 Å². The van der Waals surface area contributed by atoms with Gasteiger partial charge in [0.25, 0.3) is 5.91 Å². The highest BCUT2D eigenvalue weighted by molar-refractivity contribution is 5.99. The zero-order chi connectivity index (χ0) is 20.6. The van der Waals surface area contributed by atoms with Crippen LogP contribution in [-0.4, -0.2) is 51.2 Å². The van der Waals surface area contributed by atoms with E-state index in [1.165, 1.54) is 31.2 Å². The summed E-state index contributed by atoms with van der Waals surface area (Å²) in [6.07, 6.45) is 0. The van der Waals surface area contributed by atoms with E-state index >= 15 is 0 Å². The number of nitriles is 1. The van der Waals surface area contributed by atoms with Crippen molar-refractivity contribution in [2.75, 3.05) is 21.3 Å². The number of benzene rings is 1. The van der Waals surface area contributed by atoms with Gasteiger partial charge < -0.3 is 19.5 Å². The Labute approximate surface area is 156 Å². The molecule has 2 atom stereocenters. The summed E-state index contributed by atoms with van der Waals surface area (Å²) in [5, 5.41) is 11.3. The number of rotatable bonds is 7. The molecule has 0 heterocycles. The van der Waals surface area contributed by atoms with E-state index in [9.17, 15) is 19.2 Å². The molecule has 1 rings (SSSR count). The number of amides is 1. The van der Waals surface area contributed by atoms with Crippen molar-refractivity contribution in [2.45, 2.75) is 13.0 Å². The first-order valence-electron chi connectivity index (χ1n) is 7.85. The molecule has 1 amide bonds. The van der Waals surface area contributed by atoms with Gasteiger partial charge in [-0.3, -0.25) is 14.4 Å². The molecule has 0 saturated carbocycles. The lowest BCUT2D eigenvalue weighted by Gasteiger charge is -2.27. The smallest absolute Gasteiger partial charge is 0.328 e. The number of carbonyl (C=O) groups is 4. The maximum atomic E-state index is 12.4. The minimum absolute atomic E-state index is 0.183. The molecule has 0 fully saturated rings. The van der Waals surface area contributed by atoms with Gasteiger partial charge in [-0.05, 0) is 24.3 Å². The molecule has 0 saturated heterocycles. The predicted molar refractivity (Wildman–Crippen MR) is 91.1 cm³/mol. The number of hydrogen-bond donors (Lipinski definition) is 1. The van der Waals surface area contributed by atoms with E-state index in [0.717, 1.165) is 21.3 Å². The van der Waals surface area contributed by atoms with E-state index < -0.39 is 41.7 Å². The van der Waals surface area contributed by atoms with Crippen molar-refractivity contribution >= 4 is 23.8 Å². The second-order valence-corrected chi connectivity index (χ2v) is 5.55. The maximum absolute atomic E-state index is 12.4. The molecule has 144 valence electrons. The Balaban J connectivity index is 3.14. The molecule has 0 bridgehead atoms. The van der Waals surface area contributed by atoms with Gasteiger partial charge in [0.05, 0.1) is 33.0 Å². The Morgan fingerprint density at radius 2 is 1.41 bits per heavy atom. The fourth-order valence-corrected chi connectivity index (χ4v) is 2.42. The zero-order valence-corrected chi connectivity index (χ0v) is 15.3. The SMILES string of the molecule is COC(=O)C(C(=O)OC)[C@H](C)[C@@H](NC(=O)c1ccc(C#N)cc1)C(=O)OC. The monoisotopic (exact) mass is 376 g/mol. The summed E-state index contributed by atoms with van der Waals surface area (Å²) < 4.78 is 13.9. The summed E-state index contributed by atoms with van der Waals surface area (Å²) in [5.41, 5.74) is 0.545. The molecule has 1 aromatic rings. The number of hydrogen-bond acceptors (Lipinski definition) is 8. The van der Waals surface area contributed by atoms with Crippen LogP contribution in [0.4, 0.5) is 0 Å². The molecule has 9 heteroatoms. The number of esters is 3. The molecule has 0 aliphatic rings. The van der Waals surface area contributed by atoms with Crippen molar-refractivity contribution in [1.29, 1.82) is 5.26 Å². The van der Waals surface area contributed by atoms with Gasteiger partial charge in [-0.15, -0.1) is 0 Å². The van der Waals surface area contributed by atoms with Gasteiger partial charge in [-0.25, -0.2) is 4.79 Å². The molecular formula is C18H20N2O7. The lowest BCUT2D eigenvalue weighted by Crippen LogP contribution is -2.51. The van der Waals surface area contributed by atoms with Crippen LogP contribution < -0.4 is 5.32 Å². The molecule has 1 N–H and O–H groups in total. The Morgan fingerprint density at radius 3 is 1.81 bits per heavy atom. The Hall–Kier alpha value is -3.41. The fraction of sp³-hybridized carbons (Fsp3) is 0.389. The van der Waals surface area contributed by atoms with E-state index in [1.54, 1.807) is 0 Å². The van der Waals surface area contributed by atoms with Crippen LogP contribution in [0.25, 0.3) is 0 Å². The minimum Gasteiger partial charge on any atom is -0.468 e. The quantitative estimate of drug-likeness (QED) is 0.412. The second kappa shape index (κ2) is 9.91. The summed E-state index contributed by atoms with van der Waals surface area (Å²) in [7, 11) is 3.29. The lowest BCUT2D eigenvalue weighted by molar-refractivity contribution is -0.162. The van der Waals surface area contributed by atoms with Crippen molar-refractivity contribution in [3.05, 3.63) is 35.4 Å². The van der Waals surface area contributed by atoms with Crippen molar-refractivity contribution in [3.8, 4) is 6.07 Å². The van der Waals surface area contributed by atoms with Crippen molar-refractivity contribution in [2.24, 2.45) is 11.8 Å². The second-order valence-electron chi connectivity index (χ2n) is 5.55. The summed E-state index contributed by atoms with van der Waals surface area (Å²) in [4.78, 5) is 48.6. The number of nitrogens with one attached hydrogen (secondary N) is 1.